The van der Waals surface area contributed by atoms with Crippen LogP contribution in [0.1, 0.15) is 32.1 Å². The second kappa shape index (κ2) is 6.90. The lowest BCUT2D eigenvalue weighted by Gasteiger charge is -1.93. The number of unbranched alkanes of at least 4 members (excludes halogenated alkanes) is 1. The molecule has 0 spiro atoms. The van der Waals surface area contributed by atoms with Gasteiger partial charge in [0, 0.05) is 25.7 Å². The summed E-state index contributed by atoms with van der Waals surface area (Å²) >= 11 is 0. The highest BCUT2D eigenvalue weighted by Crippen LogP contribution is 1.99. The van der Waals surface area contributed by atoms with Gasteiger partial charge >= 0.3 is 0 Å². The molecule has 0 atom stereocenters. The number of carbonyl (C=O) groups excluding carboxylic acids is 1. The fraction of sp³-hybridized carbons (Fsp3) is 0.500. The second-order valence-electron chi connectivity index (χ2n) is 2.30. The Kier molecular flexibility index (Phi) is 6.14. The van der Waals surface area contributed by atoms with Crippen LogP contribution in [0.2, 0.25) is 0 Å². The number of rotatable bonds is 5. The Bertz CT molecular complexity index is 190. The van der Waals surface area contributed by atoms with Crippen LogP contribution in [0.25, 0.3) is 0 Å². The van der Waals surface area contributed by atoms with E-state index in [0.717, 1.165) is 6.42 Å². The number of hydrogen-bond donors (Lipinski definition) is 0. The smallest absolute Gasteiger partial charge is 0.133 e. The molecule has 0 aliphatic carbocycles. The van der Waals surface area contributed by atoms with Crippen molar-refractivity contribution in [1.29, 1.82) is 0 Å². The number of carbonyl (C=O) groups is 1. The number of hydrogen-bond acceptors (Lipinski definition) is 1. The summed E-state index contributed by atoms with van der Waals surface area (Å²) in [6.45, 7) is 0. The average molecular weight is 148 g/mol. The number of ketones is 1. The van der Waals surface area contributed by atoms with Gasteiger partial charge in [0.05, 0.1) is 0 Å². The van der Waals surface area contributed by atoms with Gasteiger partial charge in [-0.25, -0.2) is 0 Å². The predicted octanol–water partition coefficient (Wildman–Crippen LogP) is 1.77. The minimum Gasteiger partial charge on any atom is -0.300 e. The number of terminal acetylenes is 2. The second-order valence-corrected chi connectivity index (χ2v) is 2.30. The van der Waals surface area contributed by atoms with Gasteiger partial charge in [-0.2, -0.15) is 0 Å². The first kappa shape index (κ1) is 9.79. The molecule has 0 heterocycles. The quantitative estimate of drug-likeness (QED) is 0.429. The van der Waals surface area contributed by atoms with Crippen LogP contribution in [0, 0.1) is 24.7 Å². The maximum Gasteiger partial charge on any atom is 0.133 e. The Labute approximate surface area is 68.2 Å². The first-order valence-electron chi connectivity index (χ1n) is 3.70. The van der Waals surface area contributed by atoms with Gasteiger partial charge in [-0.05, 0) is 6.42 Å². The van der Waals surface area contributed by atoms with E-state index >= 15 is 0 Å². The Hall–Kier alpha value is -1.21. The Balaban J connectivity index is 3.26. The molecule has 0 unspecified atom stereocenters. The summed E-state index contributed by atoms with van der Waals surface area (Å²) in [5.41, 5.74) is 0. The third kappa shape index (κ3) is 6.68. The molecule has 0 aromatic carbocycles. The van der Waals surface area contributed by atoms with Crippen LogP contribution in [-0.2, 0) is 4.79 Å². The van der Waals surface area contributed by atoms with Crippen molar-refractivity contribution in [2.45, 2.75) is 32.1 Å². The Morgan fingerprint density at radius 1 is 1.09 bits per heavy atom. The van der Waals surface area contributed by atoms with Gasteiger partial charge in [-0.3, -0.25) is 4.79 Å². The van der Waals surface area contributed by atoms with Gasteiger partial charge < -0.3 is 0 Å². The zero-order valence-corrected chi connectivity index (χ0v) is 6.60. The predicted molar refractivity (Wildman–Crippen MR) is 45.8 cm³/mol. The highest BCUT2D eigenvalue weighted by Gasteiger charge is 1.98. The van der Waals surface area contributed by atoms with Crippen molar-refractivity contribution in [1.82, 2.24) is 0 Å². The minimum atomic E-state index is 0.221. The van der Waals surface area contributed by atoms with Crippen molar-refractivity contribution < 1.29 is 4.79 Å². The van der Waals surface area contributed by atoms with Crippen LogP contribution in [0.15, 0.2) is 0 Å². The minimum absolute atomic E-state index is 0.221. The van der Waals surface area contributed by atoms with Gasteiger partial charge in [-0.15, -0.1) is 24.7 Å². The van der Waals surface area contributed by atoms with Crippen LogP contribution < -0.4 is 0 Å². The van der Waals surface area contributed by atoms with Crippen LogP contribution in [0.4, 0.5) is 0 Å². The fourth-order valence-electron chi connectivity index (χ4n) is 0.724. The summed E-state index contributed by atoms with van der Waals surface area (Å²) in [5.74, 6) is 5.14. The topological polar surface area (TPSA) is 17.1 Å². The van der Waals surface area contributed by atoms with E-state index in [1.807, 2.05) is 0 Å². The summed E-state index contributed by atoms with van der Waals surface area (Å²) in [6, 6.07) is 0. The maximum absolute atomic E-state index is 10.9. The Morgan fingerprint density at radius 3 is 2.27 bits per heavy atom. The van der Waals surface area contributed by atoms with E-state index in [9.17, 15) is 4.79 Å². The molecule has 0 bridgehead atoms. The van der Waals surface area contributed by atoms with Crippen LogP contribution in [0.5, 0.6) is 0 Å². The molecule has 0 rings (SSSR count). The van der Waals surface area contributed by atoms with Crippen LogP contribution in [-0.4, -0.2) is 5.78 Å². The van der Waals surface area contributed by atoms with Crippen molar-refractivity contribution >= 4 is 5.78 Å². The fourth-order valence-corrected chi connectivity index (χ4v) is 0.724. The molecule has 0 aliphatic rings. The van der Waals surface area contributed by atoms with Crippen LogP contribution >= 0.6 is 0 Å². The molecule has 0 aromatic rings. The summed E-state index contributed by atoms with van der Waals surface area (Å²) in [6.07, 6.45) is 13.1. The molecule has 0 saturated heterocycles. The molecular weight excluding hydrogens is 136 g/mol. The maximum atomic E-state index is 10.9. The van der Waals surface area contributed by atoms with Crippen LogP contribution in [0.3, 0.4) is 0 Å². The van der Waals surface area contributed by atoms with Gasteiger partial charge in [-0.1, -0.05) is 0 Å². The van der Waals surface area contributed by atoms with Crippen molar-refractivity contribution in [3.63, 3.8) is 0 Å². The molecule has 0 amide bonds. The highest BCUT2D eigenvalue weighted by atomic mass is 16.1. The van der Waals surface area contributed by atoms with Crippen molar-refractivity contribution in [2.24, 2.45) is 0 Å². The third-order valence-electron chi connectivity index (χ3n) is 1.32. The lowest BCUT2D eigenvalue weighted by Crippen LogP contribution is -1.95. The molecule has 0 aromatic heterocycles. The lowest BCUT2D eigenvalue weighted by molar-refractivity contribution is -0.119. The average Bonchev–Trinajstić information content (AvgIpc) is 2.01. The molecule has 0 radical (unpaired) electrons. The molecule has 1 nitrogen and oxygen atoms in total. The molecule has 11 heavy (non-hydrogen) atoms. The highest BCUT2D eigenvalue weighted by molar-refractivity contribution is 5.78. The molecule has 0 N–H and O–H groups in total. The first-order chi connectivity index (χ1) is 5.31. The SMILES string of the molecule is C#CCCCC(=O)CCC#C. The zero-order valence-electron chi connectivity index (χ0n) is 6.60. The van der Waals surface area contributed by atoms with E-state index in [0.29, 0.717) is 25.7 Å². The molecule has 0 aliphatic heterocycles. The monoisotopic (exact) mass is 148 g/mol. The lowest BCUT2D eigenvalue weighted by atomic mass is 10.1. The summed E-state index contributed by atoms with van der Waals surface area (Å²) in [4.78, 5) is 10.9. The zero-order chi connectivity index (χ0) is 8.53. The standard InChI is InChI=1S/C10H12O/c1-3-5-7-9-10(11)8-6-4-2/h1-2H,5-9H2. The molecule has 1 heteroatoms. The largest absolute Gasteiger partial charge is 0.300 e. The summed E-state index contributed by atoms with van der Waals surface area (Å²) in [7, 11) is 0. The van der Waals surface area contributed by atoms with Gasteiger partial charge in [0.25, 0.3) is 0 Å². The van der Waals surface area contributed by atoms with Gasteiger partial charge in [0.1, 0.15) is 5.78 Å². The molecule has 58 valence electrons. The first-order valence-corrected chi connectivity index (χ1v) is 3.70. The van der Waals surface area contributed by atoms with Crippen molar-refractivity contribution in [2.75, 3.05) is 0 Å². The van der Waals surface area contributed by atoms with E-state index in [1.165, 1.54) is 0 Å². The van der Waals surface area contributed by atoms with E-state index in [-0.39, 0.29) is 5.78 Å². The molecular formula is C10H12O. The van der Waals surface area contributed by atoms with Gasteiger partial charge in [0.2, 0.25) is 0 Å². The van der Waals surface area contributed by atoms with E-state index in [4.69, 9.17) is 12.8 Å². The van der Waals surface area contributed by atoms with Crippen molar-refractivity contribution in [3.05, 3.63) is 0 Å². The third-order valence-corrected chi connectivity index (χ3v) is 1.32. The van der Waals surface area contributed by atoms with E-state index in [2.05, 4.69) is 11.8 Å². The molecule has 0 fully saturated rings. The van der Waals surface area contributed by atoms with Crippen molar-refractivity contribution in [3.8, 4) is 24.7 Å². The van der Waals surface area contributed by atoms with E-state index in [1.54, 1.807) is 0 Å². The normalized spacial score (nSPS) is 8.18. The summed E-state index contributed by atoms with van der Waals surface area (Å²) in [5, 5.41) is 0. The van der Waals surface area contributed by atoms with Gasteiger partial charge in [0.15, 0.2) is 0 Å². The van der Waals surface area contributed by atoms with E-state index < -0.39 is 0 Å². The Morgan fingerprint density at radius 2 is 1.73 bits per heavy atom. The molecule has 0 saturated carbocycles. The number of Topliss-reactive ketones (excluding diaryl/α,β-unsaturated/α-hetero) is 1. The summed E-state index contributed by atoms with van der Waals surface area (Å²) < 4.78 is 0.